The van der Waals surface area contributed by atoms with Crippen LogP contribution in [0.1, 0.15) is 0 Å². The highest BCUT2D eigenvalue weighted by Gasteiger charge is 2.10. The Morgan fingerprint density at radius 1 is 1.06 bits per heavy atom. The van der Waals surface area contributed by atoms with Crippen LogP contribution in [0.5, 0.6) is 0 Å². The number of halogens is 1. The highest BCUT2D eigenvalue weighted by molar-refractivity contribution is 9.10. The predicted molar refractivity (Wildman–Crippen MR) is 71.3 cm³/mol. The molecule has 0 spiro atoms. The summed E-state index contributed by atoms with van der Waals surface area (Å²) in [5.41, 5.74) is 17.5. The van der Waals surface area contributed by atoms with Crippen LogP contribution in [0.4, 0.5) is 17.3 Å². The fourth-order valence-corrected chi connectivity index (χ4v) is 2.54. The SMILES string of the molecule is Nc1cc(N)nc(Sc2c(N)cncc2Br)n1. The van der Waals surface area contributed by atoms with Crippen molar-refractivity contribution in [1.29, 1.82) is 0 Å². The lowest BCUT2D eigenvalue weighted by Gasteiger charge is -2.06. The average molecular weight is 313 g/mol. The summed E-state index contributed by atoms with van der Waals surface area (Å²) in [7, 11) is 0. The number of rotatable bonds is 2. The van der Waals surface area contributed by atoms with Crippen LogP contribution < -0.4 is 17.2 Å². The molecule has 0 amide bonds. The quantitative estimate of drug-likeness (QED) is 0.720. The van der Waals surface area contributed by atoms with Crippen molar-refractivity contribution < 1.29 is 0 Å². The molecule has 8 heteroatoms. The van der Waals surface area contributed by atoms with E-state index in [1.807, 2.05) is 0 Å². The van der Waals surface area contributed by atoms with E-state index in [1.165, 1.54) is 17.8 Å². The third kappa shape index (κ3) is 2.77. The molecular formula is C9H9BrN6S. The first-order valence-corrected chi connectivity index (χ1v) is 6.14. The Hall–Kier alpha value is -1.54. The van der Waals surface area contributed by atoms with E-state index in [0.717, 1.165) is 9.37 Å². The summed E-state index contributed by atoms with van der Waals surface area (Å²) >= 11 is 4.64. The number of hydrogen-bond donors (Lipinski definition) is 3. The van der Waals surface area contributed by atoms with E-state index in [2.05, 4.69) is 30.9 Å². The van der Waals surface area contributed by atoms with E-state index >= 15 is 0 Å². The van der Waals surface area contributed by atoms with Gasteiger partial charge in [-0.15, -0.1) is 0 Å². The molecule has 0 saturated heterocycles. The van der Waals surface area contributed by atoms with Gasteiger partial charge in [-0.05, 0) is 27.7 Å². The molecule has 17 heavy (non-hydrogen) atoms. The standard InChI is InChI=1S/C9H9BrN6S/c10-4-2-14-3-5(11)8(4)17-9-15-6(12)1-7(13)16-9/h1-3H,11H2,(H4,12,13,15,16). The number of anilines is 3. The van der Waals surface area contributed by atoms with E-state index in [-0.39, 0.29) is 0 Å². The molecule has 0 unspecified atom stereocenters. The van der Waals surface area contributed by atoms with Gasteiger partial charge in [0.25, 0.3) is 0 Å². The zero-order valence-corrected chi connectivity index (χ0v) is 11.0. The molecule has 0 atom stereocenters. The Kier molecular flexibility index (Phi) is 3.34. The van der Waals surface area contributed by atoms with Gasteiger partial charge in [-0.2, -0.15) is 0 Å². The zero-order chi connectivity index (χ0) is 12.4. The van der Waals surface area contributed by atoms with Crippen molar-refractivity contribution in [3.8, 4) is 0 Å². The normalized spacial score (nSPS) is 10.4. The van der Waals surface area contributed by atoms with Crippen LogP contribution in [0, 0.1) is 0 Å². The second-order valence-corrected chi connectivity index (χ2v) is 4.97. The van der Waals surface area contributed by atoms with E-state index in [9.17, 15) is 0 Å². The number of pyridine rings is 1. The number of aromatic nitrogens is 3. The zero-order valence-electron chi connectivity index (χ0n) is 8.59. The smallest absolute Gasteiger partial charge is 0.196 e. The van der Waals surface area contributed by atoms with Gasteiger partial charge in [-0.3, -0.25) is 4.98 Å². The predicted octanol–water partition coefficient (Wildman–Crippen LogP) is 1.53. The number of hydrogen-bond acceptors (Lipinski definition) is 7. The maximum atomic E-state index is 5.81. The molecule has 0 saturated carbocycles. The Bertz CT molecular complexity index is 521. The summed E-state index contributed by atoms with van der Waals surface area (Å²) in [6, 6.07) is 1.50. The first-order chi connectivity index (χ1) is 8.06. The van der Waals surface area contributed by atoms with Gasteiger partial charge < -0.3 is 17.2 Å². The largest absolute Gasteiger partial charge is 0.397 e. The van der Waals surface area contributed by atoms with Crippen LogP contribution in [0.3, 0.4) is 0 Å². The van der Waals surface area contributed by atoms with Crippen molar-refractivity contribution in [2.24, 2.45) is 0 Å². The molecular weight excluding hydrogens is 304 g/mol. The Labute approximate surface area is 110 Å². The molecule has 6 N–H and O–H groups in total. The molecule has 0 aliphatic heterocycles. The minimum Gasteiger partial charge on any atom is -0.397 e. The van der Waals surface area contributed by atoms with E-state index < -0.39 is 0 Å². The molecule has 0 aliphatic rings. The van der Waals surface area contributed by atoms with E-state index in [4.69, 9.17) is 17.2 Å². The maximum Gasteiger partial charge on any atom is 0.196 e. The number of nitrogen functional groups attached to an aromatic ring is 3. The second-order valence-electron chi connectivity index (χ2n) is 3.14. The van der Waals surface area contributed by atoms with E-state index in [0.29, 0.717) is 22.5 Å². The van der Waals surface area contributed by atoms with Crippen molar-refractivity contribution in [2.45, 2.75) is 10.1 Å². The summed E-state index contributed by atoms with van der Waals surface area (Å²) in [5, 5.41) is 0.445. The molecule has 0 aliphatic carbocycles. The lowest BCUT2D eigenvalue weighted by Crippen LogP contribution is -2.00. The van der Waals surface area contributed by atoms with Gasteiger partial charge in [0.15, 0.2) is 5.16 Å². The molecule has 2 aromatic rings. The fourth-order valence-electron chi connectivity index (χ4n) is 1.14. The molecule has 2 aromatic heterocycles. The lowest BCUT2D eigenvalue weighted by molar-refractivity contribution is 0.983. The van der Waals surface area contributed by atoms with Crippen LogP contribution in [0.2, 0.25) is 0 Å². The van der Waals surface area contributed by atoms with Crippen molar-refractivity contribution >= 4 is 45.0 Å². The van der Waals surface area contributed by atoms with Crippen LogP contribution >= 0.6 is 27.7 Å². The summed E-state index contributed by atoms with van der Waals surface area (Å²) in [6.45, 7) is 0. The Morgan fingerprint density at radius 3 is 2.29 bits per heavy atom. The molecule has 88 valence electrons. The van der Waals surface area contributed by atoms with Gasteiger partial charge in [0, 0.05) is 12.3 Å². The van der Waals surface area contributed by atoms with E-state index in [1.54, 1.807) is 12.4 Å². The van der Waals surface area contributed by atoms with Gasteiger partial charge in [-0.25, -0.2) is 9.97 Å². The van der Waals surface area contributed by atoms with Crippen molar-refractivity contribution in [3.05, 3.63) is 22.9 Å². The molecule has 0 aromatic carbocycles. The first kappa shape index (κ1) is 11.9. The van der Waals surface area contributed by atoms with Crippen LogP contribution in [-0.2, 0) is 0 Å². The maximum absolute atomic E-state index is 5.81. The molecule has 6 nitrogen and oxygen atoms in total. The minimum atomic E-state index is 0.323. The fraction of sp³-hybridized carbons (Fsp3) is 0. The lowest BCUT2D eigenvalue weighted by atomic mass is 10.4. The van der Waals surface area contributed by atoms with Gasteiger partial charge in [0.2, 0.25) is 0 Å². The van der Waals surface area contributed by atoms with Crippen LogP contribution in [0.15, 0.2) is 33.0 Å². The second kappa shape index (κ2) is 4.76. The van der Waals surface area contributed by atoms with Gasteiger partial charge in [0.05, 0.1) is 21.3 Å². The Morgan fingerprint density at radius 2 is 1.71 bits per heavy atom. The third-order valence-corrected chi connectivity index (χ3v) is 3.71. The molecule has 0 bridgehead atoms. The van der Waals surface area contributed by atoms with Gasteiger partial charge in [-0.1, -0.05) is 0 Å². The highest BCUT2D eigenvalue weighted by Crippen LogP contribution is 2.35. The summed E-state index contributed by atoms with van der Waals surface area (Å²) in [5.74, 6) is 0.646. The first-order valence-electron chi connectivity index (χ1n) is 4.53. The number of nitrogens with zero attached hydrogens (tertiary/aromatic N) is 3. The molecule has 0 fully saturated rings. The van der Waals surface area contributed by atoms with Gasteiger partial charge >= 0.3 is 0 Å². The van der Waals surface area contributed by atoms with Gasteiger partial charge in [0.1, 0.15) is 11.6 Å². The summed E-state index contributed by atoms with van der Waals surface area (Å²) in [6.07, 6.45) is 3.21. The Balaban J connectivity index is 2.38. The average Bonchev–Trinajstić information content (AvgIpc) is 2.22. The van der Waals surface area contributed by atoms with Crippen LogP contribution in [-0.4, -0.2) is 15.0 Å². The summed E-state index contributed by atoms with van der Waals surface area (Å²) < 4.78 is 0.770. The topological polar surface area (TPSA) is 117 Å². The van der Waals surface area contributed by atoms with Crippen molar-refractivity contribution in [3.63, 3.8) is 0 Å². The highest BCUT2D eigenvalue weighted by atomic mass is 79.9. The monoisotopic (exact) mass is 312 g/mol. The van der Waals surface area contributed by atoms with Crippen LogP contribution in [0.25, 0.3) is 0 Å². The minimum absolute atomic E-state index is 0.323. The molecule has 0 radical (unpaired) electrons. The third-order valence-electron chi connectivity index (χ3n) is 1.82. The summed E-state index contributed by atoms with van der Waals surface area (Å²) in [4.78, 5) is 12.9. The number of nitrogens with two attached hydrogens (primary N) is 3. The molecule has 2 rings (SSSR count). The molecule has 2 heterocycles. The van der Waals surface area contributed by atoms with Crippen molar-refractivity contribution in [2.75, 3.05) is 17.2 Å². The van der Waals surface area contributed by atoms with Crippen molar-refractivity contribution in [1.82, 2.24) is 15.0 Å².